The fourth-order valence-electron chi connectivity index (χ4n) is 2.82. The lowest BCUT2D eigenvalue weighted by Crippen LogP contribution is -2.34. The summed E-state index contributed by atoms with van der Waals surface area (Å²) in [6, 6.07) is 7.33. The molecule has 28 heavy (non-hydrogen) atoms. The van der Waals surface area contributed by atoms with E-state index in [2.05, 4.69) is 9.72 Å². The molecule has 1 heterocycles. The predicted octanol–water partition coefficient (Wildman–Crippen LogP) is 2.64. The highest BCUT2D eigenvalue weighted by Crippen LogP contribution is 2.10. The molecule has 0 aliphatic carbocycles. The highest BCUT2D eigenvalue weighted by Gasteiger charge is 2.17. The normalized spacial score (nSPS) is 10.5. The van der Waals surface area contributed by atoms with E-state index in [1.54, 1.807) is 29.6 Å². The van der Waals surface area contributed by atoms with E-state index in [0.717, 1.165) is 18.5 Å². The topological polar surface area (TPSA) is 81.5 Å². The molecule has 0 aliphatic rings. The van der Waals surface area contributed by atoms with Crippen LogP contribution in [0.25, 0.3) is 0 Å². The van der Waals surface area contributed by atoms with E-state index in [9.17, 15) is 14.4 Å². The number of nitrogens with zero attached hydrogens (tertiary/aromatic N) is 3. The Labute approximate surface area is 165 Å². The minimum absolute atomic E-state index is 0.0558. The second kappa shape index (κ2) is 11.0. The van der Waals surface area contributed by atoms with E-state index in [0.29, 0.717) is 12.1 Å². The van der Waals surface area contributed by atoms with Crippen molar-refractivity contribution in [2.75, 3.05) is 20.2 Å². The minimum atomic E-state index is -0.358. The zero-order chi connectivity index (χ0) is 20.4. The van der Waals surface area contributed by atoms with Crippen molar-refractivity contribution in [3.8, 4) is 0 Å². The minimum Gasteiger partial charge on any atom is -0.469 e. The zero-order valence-corrected chi connectivity index (χ0v) is 16.5. The molecule has 0 atom stereocenters. The van der Waals surface area contributed by atoms with Crippen molar-refractivity contribution >= 4 is 17.7 Å². The van der Waals surface area contributed by atoms with Crippen LogP contribution in [0.4, 0.5) is 0 Å². The van der Waals surface area contributed by atoms with Gasteiger partial charge in [0.15, 0.2) is 5.78 Å². The lowest BCUT2D eigenvalue weighted by atomic mass is 10.0. The number of aryl methyl sites for hydroxylation is 2. The van der Waals surface area contributed by atoms with Crippen LogP contribution < -0.4 is 0 Å². The Morgan fingerprint density at radius 1 is 1.07 bits per heavy atom. The van der Waals surface area contributed by atoms with Crippen molar-refractivity contribution in [1.82, 2.24) is 14.5 Å². The molecule has 1 aromatic carbocycles. The number of benzene rings is 1. The molecule has 0 N–H and O–H groups in total. The Hall–Kier alpha value is -2.96. The van der Waals surface area contributed by atoms with Crippen LogP contribution in [0.3, 0.4) is 0 Å². The summed E-state index contributed by atoms with van der Waals surface area (Å²) >= 11 is 0. The first kappa shape index (κ1) is 21.3. The second-order valence-corrected chi connectivity index (χ2v) is 6.65. The number of rotatable bonds is 11. The van der Waals surface area contributed by atoms with Crippen LogP contribution in [0.5, 0.6) is 0 Å². The molecule has 2 rings (SSSR count). The molecule has 150 valence electrons. The van der Waals surface area contributed by atoms with Gasteiger partial charge in [-0.05, 0) is 13.3 Å². The molecule has 0 saturated heterocycles. The molecule has 0 bridgehead atoms. The fourth-order valence-corrected chi connectivity index (χ4v) is 2.82. The van der Waals surface area contributed by atoms with Crippen molar-refractivity contribution < 1.29 is 19.1 Å². The second-order valence-electron chi connectivity index (χ2n) is 6.65. The van der Waals surface area contributed by atoms with Gasteiger partial charge < -0.3 is 14.2 Å². The van der Waals surface area contributed by atoms with E-state index in [1.807, 2.05) is 29.8 Å². The maximum atomic E-state index is 12.6. The molecular weight excluding hydrogens is 358 g/mol. The average Bonchev–Trinajstić information content (AvgIpc) is 3.22. The molecule has 0 spiro atoms. The lowest BCUT2D eigenvalue weighted by molar-refractivity contribution is -0.141. The van der Waals surface area contributed by atoms with Crippen molar-refractivity contribution in [2.45, 2.75) is 39.2 Å². The van der Waals surface area contributed by atoms with Crippen LogP contribution in [-0.2, 0) is 20.9 Å². The van der Waals surface area contributed by atoms with Gasteiger partial charge in [0.1, 0.15) is 0 Å². The first-order valence-corrected chi connectivity index (χ1v) is 9.40. The molecule has 0 unspecified atom stereocenters. The van der Waals surface area contributed by atoms with Gasteiger partial charge in [-0.25, -0.2) is 4.98 Å². The number of hydrogen-bond acceptors (Lipinski definition) is 5. The van der Waals surface area contributed by atoms with Crippen LogP contribution in [0.2, 0.25) is 0 Å². The molecule has 7 heteroatoms. The van der Waals surface area contributed by atoms with Gasteiger partial charge in [-0.15, -0.1) is 0 Å². The number of amides is 1. The largest absolute Gasteiger partial charge is 0.469 e. The Balaban J connectivity index is 1.87. The summed E-state index contributed by atoms with van der Waals surface area (Å²) in [5.74, 6) is -0.544. The Kier molecular flexibility index (Phi) is 8.39. The van der Waals surface area contributed by atoms with E-state index >= 15 is 0 Å². The highest BCUT2D eigenvalue weighted by atomic mass is 16.5. The summed E-state index contributed by atoms with van der Waals surface area (Å²) in [6.45, 7) is 3.48. The number of hydrogen-bond donors (Lipinski definition) is 0. The molecule has 7 nitrogen and oxygen atoms in total. The predicted molar refractivity (Wildman–Crippen MR) is 105 cm³/mol. The lowest BCUT2D eigenvalue weighted by Gasteiger charge is -2.22. The first-order valence-electron chi connectivity index (χ1n) is 9.40. The molecule has 1 amide bonds. The number of Topliss-reactive ketones (excluding diaryl/α,β-unsaturated/α-hetero) is 1. The quantitative estimate of drug-likeness (QED) is 0.439. The Morgan fingerprint density at radius 2 is 1.82 bits per heavy atom. The van der Waals surface area contributed by atoms with Crippen LogP contribution in [0.15, 0.2) is 43.0 Å². The highest BCUT2D eigenvalue weighted by molar-refractivity contribution is 5.98. The number of methoxy groups -OCH3 is 1. The van der Waals surface area contributed by atoms with Crippen LogP contribution in [0, 0.1) is 6.92 Å². The summed E-state index contributed by atoms with van der Waals surface area (Å²) in [7, 11) is 1.33. The van der Waals surface area contributed by atoms with E-state index in [-0.39, 0.29) is 43.5 Å². The van der Waals surface area contributed by atoms with Gasteiger partial charge in [-0.2, -0.15) is 0 Å². The Morgan fingerprint density at radius 3 is 2.46 bits per heavy atom. The number of ether oxygens (including phenoxy) is 1. The summed E-state index contributed by atoms with van der Waals surface area (Å²) in [5.41, 5.74) is 1.69. The monoisotopic (exact) mass is 385 g/mol. The van der Waals surface area contributed by atoms with Gasteiger partial charge in [0.05, 0.1) is 19.9 Å². The molecule has 0 fully saturated rings. The third kappa shape index (κ3) is 6.98. The summed E-state index contributed by atoms with van der Waals surface area (Å²) < 4.78 is 6.60. The van der Waals surface area contributed by atoms with Crippen molar-refractivity contribution in [3.63, 3.8) is 0 Å². The van der Waals surface area contributed by atoms with Gasteiger partial charge in [0, 0.05) is 50.4 Å². The van der Waals surface area contributed by atoms with Gasteiger partial charge in [0.25, 0.3) is 0 Å². The van der Waals surface area contributed by atoms with E-state index in [4.69, 9.17) is 0 Å². The average molecular weight is 385 g/mol. The fraction of sp³-hybridized carbons (Fsp3) is 0.429. The smallest absolute Gasteiger partial charge is 0.307 e. The van der Waals surface area contributed by atoms with Crippen LogP contribution >= 0.6 is 0 Å². The number of carbonyl (C=O) groups excluding carboxylic acids is 3. The molecule has 0 radical (unpaired) electrons. The number of carbonyl (C=O) groups is 3. The van der Waals surface area contributed by atoms with Gasteiger partial charge >= 0.3 is 5.97 Å². The van der Waals surface area contributed by atoms with Crippen molar-refractivity contribution in [2.24, 2.45) is 0 Å². The van der Waals surface area contributed by atoms with E-state index < -0.39 is 0 Å². The third-order valence-electron chi connectivity index (χ3n) is 4.51. The standard InChI is InChI=1S/C21H27N3O4/c1-17-4-6-18(7-5-17)19(25)8-9-20(26)24(14-10-21(27)28-2)13-3-12-23-15-11-22-16-23/h4-7,11,15-16H,3,8-10,12-14H2,1-2H3. The SMILES string of the molecule is COC(=O)CCN(CCCn1ccnc1)C(=O)CCC(=O)c1ccc(C)cc1. The maximum Gasteiger partial charge on any atom is 0.307 e. The van der Waals surface area contributed by atoms with Gasteiger partial charge in [-0.3, -0.25) is 14.4 Å². The number of imidazole rings is 1. The first-order chi connectivity index (χ1) is 13.5. The third-order valence-corrected chi connectivity index (χ3v) is 4.51. The van der Waals surface area contributed by atoms with Crippen molar-refractivity contribution in [3.05, 3.63) is 54.1 Å². The summed E-state index contributed by atoms with van der Waals surface area (Å²) in [4.78, 5) is 42.0. The number of ketones is 1. The number of aromatic nitrogens is 2. The maximum absolute atomic E-state index is 12.6. The van der Waals surface area contributed by atoms with Gasteiger partial charge in [-0.1, -0.05) is 29.8 Å². The van der Waals surface area contributed by atoms with Crippen LogP contribution in [0.1, 0.15) is 41.6 Å². The molecule has 2 aromatic rings. The Bertz CT molecular complexity index is 769. The van der Waals surface area contributed by atoms with Crippen LogP contribution in [-0.4, -0.2) is 52.3 Å². The number of esters is 1. The molecule has 0 aliphatic heterocycles. The molecule has 0 saturated carbocycles. The summed E-state index contributed by atoms with van der Waals surface area (Å²) in [5, 5.41) is 0. The zero-order valence-electron chi connectivity index (χ0n) is 16.5. The van der Waals surface area contributed by atoms with Crippen molar-refractivity contribution in [1.29, 1.82) is 0 Å². The van der Waals surface area contributed by atoms with E-state index in [1.165, 1.54) is 7.11 Å². The molecule has 1 aromatic heterocycles. The van der Waals surface area contributed by atoms with Gasteiger partial charge in [0.2, 0.25) is 5.91 Å². The molecular formula is C21H27N3O4. The summed E-state index contributed by atoms with van der Waals surface area (Å²) in [6.07, 6.45) is 6.43.